The van der Waals surface area contributed by atoms with Crippen molar-refractivity contribution in [1.82, 2.24) is 5.32 Å². The van der Waals surface area contributed by atoms with Crippen molar-refractivity contribution in [3.63, 3.8) is 0 Å². The number of rotatable bonds is 6. The first kappa shape index (κ1) is 20.6. The second kappa shape index (κ2) is 7.61. The van der Waals surface area contributed by atoms with Gasteiger partial charge in [0.15, 0.2) is 0 Å². The molecule has 24 heavy (non-hydrogen) atoms. The van der Waals surface area contributed by atoms with Crippen LogP contribution in [0.2, 0.25) is 5.02 Å². The molecule has 1 rings (SSSR count). The molecule has 0 saturated carbocycles. The summed E-state index contributed by atoms with van der Waals surface area (Å²) in [5.74, 6) is 0.119. The number of methoxy groups -OCH3 is 1. The molecular formula is C16H25ClN2O4S. The van der Waals surface area contributed by atoms with Crippen molar-refractivity contribution in [2.24, 2.45) is 0 Å². The number of sulfonamides is 1. The number of carbonyl (C=O) groups excluding carboxylic acids is 1. The normalized spacial score (nSPS) is 12.0. The molecular weight excluding hydrogens is 352 g/mol. The van der Waals surface area contributed by atoms with Gasteiger partial charge in [0.1, 0.15) is 5.75 Å². The first-order valence-corrected chi connectivity index (χ1v) is 9.70. The van der Waals surface area contributed by atoms with Gasteiger partial charge in [0.2, 0.25) is 15.9 Å². The maximum absolute atomic E-state index is 12.2. The fourth-order valence-corrected chi connectivity index (χ4v) is 3.23. The van der Waals surface area contributed by atoms with E-state index in [1.54, 1.807) is 19.1 Å². The number of halogens is 1. The maximum Gasteiger partial charge on any atom is 0.232 e. The molecule has 0 unspecified atom stereocenters. The highest BCUT2D eigenvalue weighted by Gasteiger charge is 2.24. The molecule has 1 aromatic rings. The number of nitrogens with zero attached hydrogens (tertiary/aromatic N) is 1. The van der Waals surface area contributed by atoms with Crippen LogP contribution in [0, 0.1) is 6.92 Å². The SMILES string of the molecule is COc1cc(Cl)c(C)cc1N(CCC(=O)NC(C)(C)C)S(C)(=O)=O. The summed E-state index contributed by atoms with van der Waals surface area (Å²) in [7, 11) is -2.15. The highest BCUT2D eigenvalue weighted by atomic mass is 35.5. The van der Waals surface area contributed by atoms with Gasteiger partial charge in [-0.2, -0.15) is 0 Å². The average molecular weight is 377 g/mol. The zero-order chi connectivity index (χ0) is 18.7. The second-order valence-corrected chi connectivity index (χ2v) is 8.97. The third-order valence-corrected chi connectivity index (χ3v) is 4.77. The van der Waals surface area contributed by atoms with E-state index in [9.17, 15) is 13.2 Å². The summed E-state index contributed by atoms with van der Waals surface area (Å²) in [6, 6.07) is 3.21. The minimum Gasteiger partial charge on any atom is -0.494 e. The highest BCUT2D eigenvalue weighted by molar-refractivity contribution is 7.92. The molecule has 0 bridgehead atoms. The lowest BCUT2D eigenvalue weighted by Crippen LogP contribution is -2.42. The fraction of sp³-hybridized carbons (Fsp3) is 0.562. The van der Waals surface area contributed by atoms with Gasteiger partial charge in [0, 0.05) is 29.6 Å². The van der Waals surface area contributed by atoms with E-state index in [1.807, 2.05) is 20.8 Å². The first-order chi connectivity index (χ1) is 10.8. The van der Waals surface area contributed by atoms with Crippen LogP contribution in [0.25, 0.3) is 0 Å². The van der Waals surface area contributed by atoms with Crippen LogP contribution < -0.4 is 14.4 Å². The Labute approximate surface area is 149 Å². The number of anilines is 1. The molecule has 0 atom stereocenters. The Hall–Kier alpha value is -1.47. The zero-order valence-corrected chi connectivity index (χ0v) is 16.5. The monoisotopic (exact) mass is 376 g/mol. The van der Waals surface area contributed by atoms with E-state index in [0.29, 0.717) is 16.5 Å². The predicted octanol–water partition coefficient (Wildman–Crippen LogP) is 2.73. The van der Waals surface area contributed by atoms with Crippen LogP contribution in [0.5, 0.6) is 5.75 Å². The van der Waals surface area contributed by atoms with Crippen LogP contribution in [-0.2, 0) is 14.8 Å². The number of nitrogens with one attached hydrogen (secondary N) is 1. The summed E-state index contributed by atoms with van der Waals surface area (Å²) in [5.41, 5.74) is 0.715. The number of hydrogen-bond donors (Lipinski definition) is 1. The van der Waals surface area contributed by atoms with Crippen molar-refractivity contribution in [2.45, 2.75) is 39.7 Å². The molecule has 136 valence electrons. The number of aryl methyl sites for hydroxylation is 1. The number of benzene rings is 1. The Kier molecular flexibility index (Phi) is 6.52. The average Bonchev–Trinajstić information content (AvgIpc) is 2.38. The number of ether oxygens (including phenoxy) is 1. The van der Waals surface area contributed by atoms with Crippen LogP contribution in [-0.4, -0.2) is 39.8 Å². The van der Waals surface area contributed by atoms with Gasteiger partial charge in [-0.3, -0.25) is 9.10 Å². The molecule has 1 N–H and O–H groups in total. The van der Waals surface area contributed by atoms with Crippen LogP contribution in [0.4, 0.5) is 5.69 Å². The molecule has 0 aromatic heterocycles. The van der Waals surface area contributed by atoms with Gasteiger partial charge in [-0.15, -0.1) is 0 Å². The van der Waals surface area contributed by atoms with E-state index in [1.165, 1.54) is 7.11 Å². The summed E-state index contributed by atoms with van der Waals surface area (Å²) in [5, 5.41) is 3.29. The Morgan fingerprint density at radius 1 is 1.33 bits per heavy atom. The van der Waals surface area contributed by atoms with E-state index >= 15 is 0 Å². The summed E-state index contributed by atoms with van der Waals surface area (Å²) < 4.78 is 30.8. The minimum absolute atomic E-state index is 0.0121. The Morgan fingerprint density at radius 3 is 2.38 bits per heavy atom. The third-order valence-electron chi connectivity index (χ3n) is 3.19. The zero-order valence-electron chi connectivity index (χ0n) is 14.9. The van der Waals surface area contributed by atoms with Crippen molar-refractivity contribution in [2.75, 3.05) is 24.2 Å². The van der Waals surface area contributed by atoms with Crippen molar-refractivity contribution >= 4 is 33.2 Å². The molecule has 8 heteroatoms. The molecule has 0 aliphatic heterocycles. The minimum atomic E-state index is -3.59. The molecule has 1 aromatic carbocycles. The summed E-state index contributed by atoms with van der Waals surface area (Å²) >= 11 is 6.07. The molecule has 0 aliphatic carbocycles. The standard InChI is InChI=1S/C16H25ClN2O4S/c1-11-9-13(14(23-5)10-12(11)17)19(24(6,21)22)8-7-15(20)18-16(2,3)4/h9-10H,7-8H2,1-6H3,(H,18,20). The summed E-state index contributed by atoms with van der Waals surface area (Å²) in [6.45, 7) is 7.39. The van der Waals surface area contributed by atoms with Gasteiger partial charge in [0.05, 0.1) is 19.1 Å². The molecule has 0 spiro atoms. The summed E-state index contributed by atoms with van der Waals surface area (Å²) in [6.07, 6.45) is 1.13. The molecule has 1 amide bonds. The molecule has 0 saturated heterocycles. The lowest BCUT2D eigenvalue weighted by atomic mass is 10.1. The van der Waals surface area contributed by atoms with E-state index in [2.05, 4.69) is 5.32 Å². The third kappa shape index (κ3) is 5.87. The number of carbonyl (C=O) groups is 1. The van der Waals surface area contributed by atoms with E-state index in [4.69, 9.17) is 16.3 Å². The summed E-state index contributed by atoms with van der Waals surface area (Å²) in [4.78, 5) is 12.0. The van der Waals surface area contributed by atoms with Gasteiger partial charge in [-0.25, -0.2) is 8.42 Å². The van der Waals surface area contributed by atoms with Crippen LogP contribution in [0.1, 0.15) is 32.8 Å². The number of amides is 1. The van der Waals surface area contributed by atoms with Crippen molar-refractivity contribution in [3.8, 4) is 5.75 Å². The van der Waals surface area contributed by atoms with Gasteiger partial charge < -0.3 is 10.1 Å². The van der Waals surface area contributed by atoms with Gasteiger partial charge in [-0.05, 0) is 39.3 Å². The van der Waals surface area contributed by atoms with Gasteiger partial charge in [-0.1, -0.05) is 11.6 Å². The fourth-order valence-electron chi connectivity index (χ4n) is 2.16. The first-order valence-electron chi connectivity index (χ1n) is 7.48. The number of hydrogen-bond acceptors (Lipinski definition) is 4. The van der Waals surface area contributed by atoms with Crippen molar-refractivity contribution in [1.29, 1.82) is 0 Å². The van der Waals surface area contributed by atoms with Crippen LogP contribution in [0.15, 0.2) is 12.1 Å². The highest BCUT2D eigenvalue weighted by Crippen LogP contribution is 2.35. The molecule has 6 nitrogen and oxygen atoms in total. The topological polar surface area (TPSA) is 75.7 Å². The van der Waals surface area contributed by atoms with Gasteiger partial charge >= 0.3 is 0 Å². The lowest BCUT2D eigenvalue weighted by molar-refractivity contribution is -0.122. The molecule has 0 heterocycles. The molecule has 0 fully saturated rings. The molecule has 0 radical (unpaired) electrons. The smallest absolute Gasteiger partial charge is 0.232 e. The quantitative estimate of drug-likeness (QED) is 0.828. The van der Waals surface area contributed by atoms with Crippen LogP contribution >= 0.6 is 11.6 Å². The van der Waals surface area contributed by atoms with Crippen molar-refractivity contribution in [3.05, 3.63) is 22.7 Å². The Morgan fingerprint density at radius 2 is 1.92 bits per heavy atom. The Balaban J connectivity index is 3.13. The molecule has 0 aliphatic rings. The van der Waals surface area contributed by atoms with Gasteiger partial charge in [0.25, 0.3) is 0 Å². The lowest BCUT2D eigenvalue weighted by Gasteiger charge is -2.26. The second-order valence-electron chi connectivity index (χ2n) is 6.66. The maximum atomic E-state index is 12.2. The largest absolute Gasteiger partial charge is 0.494 e. The Bertz CT molecular complexity index is 712. The van der Waals surface area contributed by atoms with Crippen molar-refractivity contribution < 1.29 is 17.9 Å². The van der Waals surface area contributed by atoms with E-state index < -0.39 is 10.0 Å². The van der Waals surface area contributed by atoms with E-state index in [-0.39, 0.29) is 24.4 Å². The van der Waals surface area contributed by atoms with E-state index in [0.717, 1.165) is 16.1 Å². The van der Waals surface area contributed by atoms with Crippen LogP contribution in [0.3, 0.4) is 0 Å². The predicted molar refractivity (Wildman–Crippen MR) is 97.4 cm³/mol.